The Morgan fingerprint density at radius 1 is 0.433 bits per heavy atom. The van der Waals surface area contributed by atoms with Gasteiger partial charge in [0.15, 0.2) is 0 Å². The second-order valence-corrected chi connectivity index (χ2v) is 21.9. The molecule has 2 aromatic heterocycles. The zero-order chi connectivity index (χ0) is 46.3. The largest absolute Gasteiger partial charge is 0.458 e. The fourth-order valence-corrected chi connectivity index (χ4v) is 10.9. The lowest BCUT2D eigenvalue weighted by Gasteiger charge is -2.36. The molecule has 0 amide bonds. The first-order chi connectivity index (χ1) is 32.0. The zero-order valence-corrected chi connectivity index (χ0v) is 40.2. The lowest BCUT2D eigenvalue weighted by molar-refractivity contribution is 0.464. The van der Waals surface area contributed by atoms with Gasteiger partial charge in [-0.1, -0.05) is 153 Å². The molecule has 10 aromatic rings. The highest BCUT2D eigenvalue weighted by Crippen LogP contribution is 2.48. The molecule has 330 valence electrons. The fourth-order valence-electron chi connectivity index (χ4n) is 10.9. The van der Waals surface area contributed by atoms with Gasteiger partial charge in [-0.2, -0.15) is 0 Å². The van der Waals surface area contributed by atoms with Crippen molar-refractivity contribution in [2.24, 2.45) is 7.05 Å². The second-order valence-electron chi connectivity index (χ2n) is 21.9. The van der Waals surface area contributed by atoms with Crippen LogP contribution < -0.4 is 30.8 Å². The lowest BCUT2D eigenvalue weighted by atomic mass is 9.34. The molecule has 0 spiro atoms. The quantitative estimate of drug-likeness (QED) is 0.165. The number of hydrogen-bond acceptors (Lipinski definition) is 3. The number of nitrogens with zero attached hydrogens (tertiary/aromatic N) is 3. The number of para-hydroxylation sites is 3. The van der Waals surface area contributed by atoms with Gasteiger partial charge in [0.05, 0.1) is 27.9 Å². The molecule has 5 nitrogen and oxygen atoms in total. The predicted molar refractivity (Wildman–Crippen MR) is 283 cm³/mol. The molecule has 6 heteroatoms. The number of fused-ring (bicyclic) bond motifs is 10. The van der Waals surface area contributed by atoms with E-state index in [9.17, 15) is 0 Å². The van der Waals surface area contributed by atoms with Crippen LogP contribution in [0.2, 0.25) is 0 Å². The van der Waals surface area contributed by atoms with Crippen molar-refractivity contribution in [1.82, 2.24) is 9.13 Å². The van der Waals surface area contributed by atoms with E-state index in [4.69, 9.17) is 9.47 Å². The monoisotopic (exact) mass is 873 g/mol. The molecule has 12 rings (SSSR count). The number of ether oxygens (including phenoxy) is 2. The number of hydrogen-bond donors (Lipinski definition) is 0. The summed E-state index contributed by atoms with van der Waals surface area (Å²) in [4.78, 5) is 2.35. The van der Waals surface area contributed by atoms with E-state index >= 15 is 0 Å². The van der Waals surface area contributed by atoms with Crippen LogP contribution in [0.3, 0.4) is 0 Å². The third kappa shape index (κ3) is 6.36. The second kappa shape index (κ2) is 14.4. The molecule has 67 heavy (non-hydrogen) atoms. The first-order valence-corrected chi connectivity index (χ1v) is 23.8. The molecule has 0 radical (unpaired) electrons. The molecule has 0 bridgehead atoms. The van der Waals surface area contributed by atoms with E-state index in [1.165, 1.54) is 43.8 Å². The summed E-state index contributed by atoms with van der Waals surface area (Å²) < 4.78 is 19.7. The Morgan fingerprint density at radius 3 is 1.48 bits per heavy atom. The molecule has 0 N–H and O–H groups in total. The Balaban J connectivity index is 1.18. The summed E-state index contributed by atoms with van der Waals surface area (Å²) >= 11 is 0. The minimum absolute atomic E-state index is 0.0155. The van der Waals surface area contributed by atoms with E-state index in [0.717, 1.165) is 78.7 Å². The van der Waals surface area contributed by atoms with E-state index in [-0.39, 0.29) is 23.0 Å². The van der Waals surface area contributed by atoms with E-state index in [0.29, 0.717) is 0 Å². The Kier molecular flexibility index (Phi) is 8.88. The van der Waals surface area contributed by atoms with Gasteiger partial charge >= 0.3 is 0 Å². The summed E-state index contributed by atoms with van der Waals surface area (Å²) in [5, 5.41) is 4.77. The van der Waals surface area contributed by atoms with Crippen molar-refractivity contribution in [1.29, 1.82) is 0 Å². The normalized spacial score (nSPS) is 13.4. The highest BCUT2D eigenvalue weighted by Gasteiger charge is 2.44. The maximum atomic E-state index is 7.71. The van der Waals surface area contributed by atoms with Gasteiger partial charge in [0.2, 0.25) is 0 Å². The van der Waals surface area contributed by atoms with Crippen LogP contribution >= 0.6 is 0 Å². The number of anilines is 3. The number of benzene rings is 8. The minimum atomic E-state index is -0.173. The van der Waals surface area contributed by atoms with Gasteiger partial charge in [0.25, 0.3) is 6.71 Å². The number of rotatable bonds is 4. The zero-order valence-electron chi connectivity index (χ0n) is 40.2. The first kappa shape index (κ1) is 41.3. The van der Waals surface area contributed by atoms with Crippen LogP contribution in [0.15, 0.2) is 158 Å². The average Bonchev–Trinajstić information content (AvgIpc) is 3.79. The molecule has 0 aliphatic carbocycles. The van der Waals surface area contributed by atoms with Crippen LogP contribution in [0, 0.1) is 0 Å². The SMILES string of the molecule is Cn1c2ccccc2c2c(-n3c4ccccc4c4ccccc43)c3c(cc21)B1c2cc(C(C)(C)C)ccc2Oc2cc(N(c4ccc(C(C)(C)C)cc4)c4ccc(C(C)(C)C)cc4)cc(c21)O3. The Bertz CT molecular complexity index is 3540. The fraction of sp³-hybridized carbons (Fsp3) is 0.213. The number of aryl methyl sites for hydroxylation is 1. The maximum absolute atomic E-state index is 7.71. The van der Waals surface area contributed by atoms with Gasteiger partial charge in [-0.05, 0) is 98.5 Å². The van der Waals surface area contributed by atoms with E-state index < -0.39 is 0 Å². The molecule has 2 aliphatic heterocycles. The van der Waals surface area contributed by atoms with Gasteiger partial charge in [-0.15, -0.1) is 0 Å². The van der Waals surface area contributed by atoms with Crippen molar-refractivity contribution >= 4 is 83.8 Å². The van der Waals surface area contributed by atoms with E-state index in [1.54, 1.807) is 0 Å². The van der Waals surface area contributed by atoms with Crippen molar-refractivity contribution in [3.8, 4) is 28.7 Å². The summed E-state index contributed by atoms with van der Waals surface area (Å²) in [5.41, 5.74) is 15.9. The van der Waals surface area contributed by atoms with Gasteiger partial charge in [0, 0.05) is 63.1 Å². The standard InChI is InChI=1S/C61H56BN3O2/c1-59(2,3)37-23-28-40(29-24-37)64(41-30-25-38(26-31-41)60(4,5)6)42-34-53-56-54(35-42)67-58-47(62(56)46-33-39(61(7,8)9)27-32-52(46)66-53)36-51-55(45-19-13-14-20-48(45)63(51)10)57(58)65-49-21-15-11-17-43(49)44-18-12-16-22-50(44)65/h11-36H,1-10H3. The molecular formula is C61H56BN3O2. The van der Waals surface area contributed by atoms with Crippen LogP contribution in [-0.2, 0) is 23.3 Å². The number of aromatic nitrogens is 2. The van der Waals surface area contributed by atoms with Crippen LogP contribution in [-0.4, -0.2) is 15.8 Å². The summed E-state index contributed by atoms with van der Waals surface area (Å²) in [5.74, 6) is 3.33. The van der Waals surface area contributed by atoms with Crippen molar-refractivity contribution in [3.63, 3.8) is 0 Å². The Hall–Kier alpha value is -7.18. The molecule has 0 unspecified atom stereocenters. The maximum Gasteiger partial charge on any atom is 0.260 e. The summed E-state index contributed by atoms with van der Waals surface area (Å²) in [6.45, 7) is 20.3. The van der Waals surface area contributed by atoms with Crippen molar-refractivity contribution < 1.29 is 9.47 Å². The predicted octanol–water partition coefficient (Wildman–Crippen LogP) is 14.5. The smallest absolute Gasteiger partial charge is 0.260 e. The third-order valence-corrected chi connectivity index (χ3v) is 14.5. The highest BCUT2D eigenvalue weighted by molar-refractivity contribution is 6.98. The first-order valence-electron chi connectivity index (χ1n) is 23.8. The van der Waals surface area contributed by atoms with Crippen LogP contribution in [0.4, 0.5) is 17.1 Å². The highest BCUT2D eigenvalue weighted by atomic mass is 16.5. The Labute approximate surface area is 394 Å². The molecule has 0 saturated heterocycles. The van der Waals surface area contributed by atoms with Crippen LogP contribution in [0.1, 0.15) is 79.0 Å². The van der Waals surface area contributed by atoms with Crippen molar-refractivity contribution in [2.45, 2.75) is 78.6 Å². The molecule has 2 aliphatic rings. The van der Waals surface area contributed by atoms with Crippen molar-refractivity contribution in [2.75, 3.05) is 4.90 Å². The molecular weight excluding hydrogens is 818 g/mol. The Morgan fingerprint density at radius 2 is 0.925 bits per heavy atom. The summed E-state index contributed by atoms with van der Waals surface area (Å²) in [6, 6.07) is 58.2. The van der Waals surface area contributed by atoms with Crippen LogP contribution in [0.5, 0.6) is 23.0 Å². The summed E-state index contributed by atoms with van der Waals surface area (Å²) in [7, 11) is 2.20. The van der Waals surface area contributed by atoms with Gasteiger partial charge in [0.1, 0.15) is 23.0 Å². The van der Waals surface area contributed by atoms with E-state index in [2.05, 4.69) is 241 Å². The topological polar surface area (TPSA) is 31.6 Å². The molecule has 4 heterocycles. The molecule has 0 atom stereocenters. The van der Waals surface area contributed by atoms with Gasteiger partial charge in [-0.25, -0.2) is 0 Å². The summed E-state index contributed by atoms with van der Waals surface area (Å²) in [6.07, 6.45) is 0. The average molecular weight is 874 g/mol. The van der Waals surface area contributed by atoms with Crippen molar-refractivity contribution in [3.05, 3.63) is 174 Å². The van der Waals surface area contributed by atoms with Gasteiger partial charge < -0.3 is 23.5 Å². The lowest BCUT2D eigenvalue weighted by Crippen LogP contribution is -2.57. The third-order valence-electron chi connectivity index (χ3n) is 14.5. The molecule has 8 aromatic carbocycles. The van der Waals surface area contributed by atoms with Crippen LogP contribution in [0.25, 0.3) is 49.3 Å². The molecule has 0 fully saturated rings. The minimum Gasteiger partial charge on any atom is -0.458 e. The van der Waals surface area contributed by atoms with E-state index in [1.807, 2.05) is 0 Å². The molecule has 0 saturated carbocycles. The van der Waals surface area contributed by atoms with Gasteiger partial charge in [-0.3, -0.25) is 0 Å².